The largest absolute Gasteiger partial charge is 0.493 e. The van der Waals surface area contributed by atoms with Crippen LogP contribution in [0.5, 0.6) is 11.5 Å². The molecule has 0 heterocycles. The van der Waals surface area contributed by atoms with E-state index in [9.17, 15) is 0 Å². The van der Waals surface area contributed by atoms with Crippen LogP contribution in [0.25, 0.3) is 0 Å². The lowest BCUT2D eigenvalue weighted by Crippen LogP contribution is -2.00. The molecule has 0 aliphatic heterocycles. The van der Waals surface area contributed by atoms with Crippen molar-refractivity contribution in [1.29, 1.82) is 0 Å². The normalized spacial score (nSPS) is 9.13. The molecule has 0 aliphatic rings. The van der Waals surface area contributed by atoms with Crippen LogP contribution in [0.2, 0.25) is 0 Å². The molecule has 0 aliphatic carbocycles. The van der Waals surface area contributed by atoms with Crippen molar-refractivity contribution < 1.29 is 9.47 Å². The maximum atomic E-state index is 5.39. The third-order valence-electron chi connectivity index (χ3n) is 1.86. The summed E-state index contributed by atoms with van der Waals surface area (Å²) in [6.07, 6.45) is 5.16. The van der Waals surface area contributed by atoms with Crippen LogP contribution in [0.15, 0.2) is 18.2 Å². The molecule has 15 heavy (non-hydrogen) atoms. The molecule has 1 N–H and O–H groups in total. The van der Waals surface area contributed by atoms with Crippen LogP contribution in [-0.4, -0.2) is 20.3 Å². The fourth-order valence-electron chi connectivity index (χ4n) is 1.21. The summed E-state index contributed by atoms with van der Waals surface area (Å²) >= 11 is 0. The number of rotatable bonds is 5. The van der Waals surface area contributed by atoms with Crippen molar-refractivity contribution in [1.82, 2.24) is 0 Å². The number of methoxy groups -OCH3 is 1. The molecule has 0 fully saturated rings. The van der Waals surface area contributed by atoms with Gasteiger partial charge in [-0.3, -0.25) is 0 Å². The Kier molecular flexibility index (Phi) is 4.36. The molecule has 3 nitrogen and oxygen atoms in total. The topological polar surface area (TPSA) is 30.5 Å². The third kappa shape index (κ3) is 3.10. The molecule has 0 saturated heterocycles. The molecular weight excluding hydrogens is 190 g/mol. The zero-order chi connectivity index (χ0) is 11.1. The summed E-state index contributed by atoms with van der Waals surface area (Å²) in [5, 5.41) is 3.07. The minimum absolute atomic E-state index is 0.497. The Morgan fingerprint density at radius 2 is 2.20 bits per heavy atom. The summed E-state index contributed by atoms with van der Waals surface area (Å²) in [6.45, 7) is 3.05. The second kappa shape index (κ2) is 5.82. The smallest absolute Gasteiger partial charge is 0.162 e. The molecule has 0 unspecified atom stereocenters. The number of terminal acetylenes is 1. The highest BCUT2D eigenvalue weighted by Gasteiger charge is 2.04. The fraction of sp³-hybridized carbons (Fsp3) is 0.333. The van der Waals surface area contributed by atoms with Gasteiger partial charge in [-0.2, -0.15) is 0 Å². The summed E-state index contributed by atoms with van der Waals surface area (Å²) in [7, 11) is 1.61. The van der Waals surface area contributed by atoms with Crippen LogP contribution in [0.4, 0.5) is 5.69 Å². The average molecular weight is 205 g/mol. The number of benzene rings is 1. The molecule has 0 bridgehead atoms. The first kappa shape index (κ1) is 11.3. The van der Waals surface area contributed by atoms with E-state index in [0.717, 1.165) is 11.4 Å². The van der Waals surface area contributed by atoms with E-state index >= 15 is 0 Å². The van der Waals surface area contributed by atoms with Gasteiger partial charge in [-0.1, -0.05) is 5.92 Å². The van der Waals surface area contributed by atoms with Gasteiger partial charge in [-0.15, -0.1) is 6.42 Å². The van der Waals surface area contributed by atoms with Crippen LogP contribution < -0.4 is 14.8 Å². The van der Waals surface area contributed by atoms with Crippen molar-refractivity contribution in [2.24, 2.45) is 0 Å². The van der Waals surface area contributed by atoms with Crippen molar-refractivity contribution in [3.63, 3.8) is 0 Å². The molecule has 0 atom stereocenters. The zero-order valence-corrected chi connectivity index (χ0v) is 9.04. The Bertz CT molecular complexity index is 355. The van der Waals surface area contributed by atoms with Crippen LogP contribution in [-0.2, 0) is 0 Å². The fourth-order valence-corrected chi connectivity index (χ4v) is 1.21. The second-order valence-electron chi connectivity index (χ2n) is 2.86. The molecule has 80 valence electrons. The quantitative estimate of drug-likeness (QED) is 0.747. The summed E-state index contributed by atoms with van der Waals surface area (Å²) in [5.74, 6) is 3.96. The predicted molar refractivity (Wildman–Crippen MR) is 61.5 cm³/mol. The van der Waals surface area contributed by atoms with Crippen molar-refractivity contribution in [3.05, 3.63) is 18.2 Å². The van der Waals surface area contributed by atoms with E-state index in [1.165, 1.54) is 0 Å². The minimum atomic E-state index is 0.497. The molecule has 0 saturated carbocycles. The summed E-state index contributed by atoms with van der Waals surface area (Å²) < 4.78 is 10.6. The maximum absolute atomic E-state index is 5.39. The van der Waals surface area contributed by atoms with Crippen LogP contribution >= 0.6 is 0 Å². The van der Waals surface area contributed by atoms with Gasteiger partial charge in [0.2, 0.25) is 0 Å². The zero-order valence-electron chi connectivity index (χ0n) is 9.04. The first-order valence-electron chi connectivity index (χ1n) is 4.80. The number of anilines is 1. The van der Waals surface area contributed by atoms with Gasteiger partial charge in [-0.05, 0) is 19.1 Å². The van der Waals surface area contributed by atoms with Crippen molar-refractivity contribution in [2.75, 3.05) is 25.6 Å². The van der Waals surface area contributed by atoms with E-state index in [-0.39, 0.29) is 0 Å². The van der Waals surface area contributed by atoms with E-state index in [4.69, 9.17) is 15.9 Å². The molecular formula is C12H15NO2. The summed E-state index contributed by atoms with van der Waals surface area (Å²) in [5.41, 5.74) is 0.924. The Morgan fingerprint density at radius 1 is 1.40 bits per heavy atom. The van der Waals surface area contributed by atoms with Gasteiger partial charge in [0, 0.05) is 11.8 Å². The van der Waals surface area contributed by atoms with Crippen LogP contribution in [0.3, 0.4) is 0 Å². The van der Waals surface area contributed by atoms with E-state index in [0.29, 0.717) is 18.9 Å². The SMILES string of the molecule is C#CCNc1ccc(OCC)c(OC)c1. The molecule has 1 rings (SSSR count). The molecule has 0 aromatic heterocycles. The standard InChI is InChI=1S/C12H15NO2/c1-4-8-13-10-6-7-11(15-5-2)12(9-10)14-3/h1,6-7,9,13H,5,8H2,2-3H3. The molecule has 1 aromatic rings. The van der Waals surface area contributed by atoms with E-state index in [1.807, 2.05) is 25.1 Å². The highest BCUT2D eigenvalue weighted by molar-refractivity contribution is 5.55. The lowest BCUT2D eigenvalue weighted by Gasteiger charge is -2.11. The second-order valence-corrected chi connectivity index (χ2v) is 2.86. The molecule has 0 spiro atoms. The number of nitrogens with one attached hydrogen (secondary N) is 1. The Labute approximate surface area is 90.4 Å². The lowest BCUT2D eigenvalue weighted by molar-refractivity contribution is 0.311. The first-order valence-corrected chi connectivity index (χ1v) is 4.80. The molecule has 0 amide bonds. The predicted octanol–water partition coefficient (Wildman–Crippen LogP) is 2.14. The number of ether oxygens (including phenoxy) is 2. The van der Waals surface area contributed by atoms with E-state index < -0.39 is 0 Å². The Balaban J connectivity index is 2.82. The van der Waals surface area contributed by atoms with Crippen molar-refractivity contribution in [2.45, 2.75) is 6.92 Å². The van der Waals surface area contributed by atoms with Gasteiger partial charge in [0.25, 0.3) is 0 Å². The Hall–Kier alpha value is -1.82. The van der Waals surface area contributed by atoms with Gasteiger partial charge in [0.1, 0.15) is 0 Å². The van der Waals surface area contributed by atoms with Gasteiger partial charge in [0.15, 0.2) is 11.5 Å². The number of hydrogen-bond donors (Lipinski definition) is 1. The highest BCUT2D eigenvalue weighted by atomic mass is 16.5. The van der Waals surface area contributed by atoms with Gasteiger partial charge >= 0.3 is 0 Å². The van der Waals surface area contributed by atoms with Crippen LogP contribution in [0, 0.1) is 12.3 Å². The molecule has 3 heteroatoms. The van der Waals surface area contributed by atoms with Gasteiger partial charge in [0.05, 0.1) is 20.3 Å². The van der Waals surface area contributed by atoms with Crippen LogP contribution in [0.1, 0.15) is 6.92 Å². The summed E-state index contributed by atoms with van der Waals surface area (Å²) in [4.78, 5) is 0. The summed E-state index contributed by atoms with van der Waals surface area (Å²) in [6, 6.07) is 5.63. The maximum Gasteiger partial charge on any atom is 0.162 e. The van der Waals surface area contributed by atoms with E-state index in [2.05, 4.69) is 11.2 Å². The average Bonchev–Trinajstić information content (AvgIpc) is 2.28. The Morgan fingerprint density at radius 3 is 2.80 bits per heavy atom. The molecule has 0 radical (unpaired) electrons. The molecule has 1 aromatic carbocycles. The highest BCUT2D eigenvalue weighted by Crippen LogP contribution is 2.29. The lowest BCUT2D eigenvalue weighted by atomic mass is 10.2. The van der Waals surface area contributed by atoms with Crippen molar-refractivity contribution >= 4 is 5.69 Å². The monoisotopic (exact) mass is 205 g/mol. The number of hydrogen-bond acceptors (Lipinski definition) is 3. The third-order valence-corrected chi connectivity index (χ3v) is 1.86. The van der Waals surface area contributed by atoms with Crippen molar-refractivity contribution in [3.8, 4) is 23.8 Å². The minimum Gasteiger partial charge on any atom is -0.493 e. The van der Waals surface area contributed by atoms with Gasteiger partial charge in [-0.25, -0.2) is 0 Å². The first-order chi connectivity index (χ1) is 7.31. The van der Waals surface area contributed by atoms with Gasteiger partial charge < -0.3 is 14.8 Å². The van der Waals surface area contributed by atoms with E-state index in [1.54, 1.807) is 7.11 Å².